The van der Waals surface area contributed by atoms with E-state index in [-0.39, 0.29) is 5.91 Å². The van der Waals surface area contributed by atoms with Crippen molar-refractivity contribution in [3.8, 4) is 11.8 Å². The van der Waals surface area contributed by atoms with Gasteiger partial charge in [-0.05, 0) is 54.8 Å². The topological polar surface area (TPSA) is 55.1 Å². The Morgan fingerprint density at radius 2 is 1.81 bits per heavy atom. The highest BCUT2D eigenvalue weighted by atomic mass is 32.2. The summed E-state index contributed by atoms with van der Waals surface area (Å²) in [6, 6.07) is 14.9. The van der Waals surface area contributed by atoms with Gasteiger partial charge in [-0.3, -0.25) is 4.79 Å². The van der Waals surface area contributed by atoms with Crippen molar-refractivity contribution in [1.29, 1.82) is 0 Å². The fraction of sp³-hybridized carbons (Fsp3) is 0.118. The second kappa shape index (κ2) is 7.53. The Balaban J connectivity index is 2.04. The van der Waals surface area contributed by atoms with Gasteiger partial charge in [0, 0.05) is 21.7 Å². The number of thioether (sulfide) groups is 1. The molecule has 3 nitrogen and oxygen atoms in total. The molecule has 4 heteroatoms. The van der Waals surface area contributed by atoms with Crippen LogP contribution in [0.3, 0.4) is 0 Å². The van der Waals surface area contributed by atoms with Gasteiger partial charge in [0.25, 0.3) is 5.91 Å². The smallest absolute Gasteiger partial charge is 0.255 e. The van der Waals surface area contributed by atoms with Gasteiger partial charge in [0.15, 0.2) is 0 Å². The summed E-state index contributed by atoms with van der Waals surface area (Å²) in [7, 11) is 0. The number of hydrogen-bond acceptors (Lipinski definition) is 3. The molecule has 0 unspecified atom stereocenters. The molecule has 0 fully saturated rings. The lowest BCUT2D eigenvalue weighted by Gasteiger charge is -2.06. The van der Waals surface area contributed by atoms with Gasteiger partial charge in [-0.2, -0.15) is 0 Å². The van der Waals surface area contributed by atoms with E-state index in [1.165, 1.54) is 0 Å². The van der Waals surface area contributed by atoms with Crippen molar-refractivity contribution in [2.45, 2.75) is 4.90 Å². The zero-order chi connectivity index (χ0) is 15.1. The number of benzene rings is 2. The molecule has 0 saturated heterocycles. The normalized spacial score (nSPS) is 9.62. The number of hydrogen-bond donors (Lipinski definition) is 2. The number of carbonyl (C=O) groups is 1. The zero-order valence-corrected chi connectivity index (χ0v) is 12.5. The van der Waals surface area contributed by atoms with Crippen molar-refractivity contribution in [3.05, 3.63) is 59.7 Å². The van der Waals surface area contributed by atoms with Crippen LogP contribution >= 0.6 is 11.8 Å². The molecule has 0 saturated carbocycles. The minimum Gasteiger partial charge on any atom is -0.322 e. The van der Waals surface area contributed by atoms with E-state index in [0.29, 0.717) is 12.1 Å². The summed E-state index contributed by atoms with van der Waals surface area (Å²) in [5, 5.41) is 2.86. The molecule has 0 spiro atoms. The summed E-state index contributed by atoms with van der Waals surface area (Å²) in [6.45, 7) is 0.338. The molecule has 0 atom stereocenters. The van der Waals surface area contributed by atoms with Crippen LogP contribution in [0.1, 0.15) is 15.9 Å². The first-order valence-electron chi connectivity index (χ1n) is 6.47. The third kappa shape index (κ3) is 4.38. The van der Waals surface area contributed by atoms with Crippen molar-refractivity contribution in [1.82, 2.24) is 0 Å². The minimum absolute atomic E-state index is 0.122. The van der Waals surface area contributed by atoms with Crippen molar-refractivity contribution in [2.24, 2.45) is 5.73 Å². The molecule has 0 heterocycles. The molecule has 0 aliphatic carbocycles. The van der Waals surface area contributed by atoms with Gasteiger partial charge in [0.2, 0.25) is 0 Å². The van der Waals surface area contributed by atoms with Gasteiger partial charge in [-0.1, -0.05) is 11.8 Å². The number of nitrogens with one attached hydrogen (secondary N) is 1. The van der Waals surface area contributed by atoms with Crippen LogP contribution in [0, 0.1) is 11.8 Å². The number of nitrogens with two attached hydrogens (primary N) is 1. The molecule has 3 N–H and O–H groups in total. The van der Waals surface area contributed by atoms with Crippen LogP contribution < -0.4 is 11.1 Å². The maximum atomic E-state index is 12.1. The van der Waals surface area contributed by atoms with Crippen molar-refractivity contribution in [3.63, 3.8) is 0 Å². The highest BCUT2D eigenvalue weighted by molar-refractivity contribution is 7.98. The molecule has 0 aliphatic rings. The highest BCUT2D eigenvalue weighted by Gasteiger charge is 2.05. The van der Waals surface area contributed by atoms with E-state index in [0.717, 1.165) is 16.1 Å². The lowest BCUT2D eigenvalue weighted by Crippen LogP contribution is -2.11. The molecule has 106 valence electrons. The summed E-state index contributed by atoms with van der Waals surface area (Å²) in [4.78, 5) is 13.2. The van der Waals surface area contributed by atoms with Crippen molar-refractivity contribution in [2.75, 3.05) is 18.1 Å². The molecule has 0 aromatic heterocycles. The fourth-order valence-corrected chi connectivity index (χ4v) is 2.14. The highest BCUT2D eigenvalue weighted by Crippen LogP contribution is 2.16. The third-order valence-electron chi connectivity index (χ3n) is 2.83. The second-order valence-electron chi connectivity index (χ2n) is 4.27. The largest absolute Gasteiger partial charge is 0.322 e. The van der Waals surface area contributed by atoms with Crippen LogP contribution in [0.25, 0.3) is 0 Å². The van der Waals surface area contributed by atoms with Gasteiger partial charge in [0.05, 0.1) is 6.54 Å². The van der Waals surface area contributed by atoms with E-state index in [2.05, 4.69) is 17.2 Å². The first-order valence-corrected chi connectivity index (χ1v) is 7.70. The average Bonchev–Trinajstić information content (AvgIpc) is 2.54. The van der Waals surface area contributed by atoms with E-state index >= 15 is 0 Å². The third-order valence-corrected chi connectivity index (χ3v) is 3.57. The first-order chi connectivity index (χ1) is 10.2. The van der Waals surface area contributed by atoms with Crippen LogP contribution in [0.4, 0.5) is 5.69 Å². The van der Waals surface area contributed by atoms with E-state index in [9.17, 15) is 4.79 Å². The van der Waals surface area contributed by atoms with Gasteiger partial charge in [0.1, 0.15) is 0 Å². The van der Waals surface area contributed by atoms with Crippen LogP contribution in [0.2, 0.25) is 0 Å². The Hall–Kier alpha value is -2.22. The Kier molecular flexibility index (Phi) is 5.44. The van der Waals surface area contributed by atoms with Gasteiger partial charge in [-0.15, -0.1) is 11.8 Å². The van der Waals surface area contributed by atoms with E-state index in [1.54, 1.807) is 11.8 Å². The molecular weight excluding hydrogens is 280 g/mol. The monoisotopic (exact) mass is 296 g/mol. The zero-order valence-electron chi connectivity index (χ0n) is 11.7. The molecule has 0 bridgehead atoms. The number of anilines is 1. The number of rotatable bonds is 3. The molecular formula is C17H16N2OS. The fourth-order valence-electron chi connectivity index (χ4n) is 1.74. The summed E-state index contributed by atoms with van der Waals surface area (Å²) < 4.78 is 0. The molecule has 2 rings (SSSR count). The minimum atomic E-state index is -0.122. The predicted molar refractivity (Wildman–Crippen MR) is 88.6 cm³/mol. The van der Waals surface area contributed by atoms with Crippen molar-refractivity contribution >= 4 is 23.4 Å². The van der Waals surface area contributed by atoms with Crippen LogP contribution in [-0.2, 0) is 0 Å². The SMILES string of the molecule is CSc1ccc(C(=O)Nc2ccc(C#CCN)cc2)cc1. The number of carbonyl (C=O) groups excluding carboxylic acids is 1. The molecule has 1 amide bonds. The Bertz CT molecular complexity index is 667. The summed E-state index contributed by atoms with van der Waals surface area (Å²) >= 11 is 1.65. The first kappa shape index (κ1) is 15.2. The molecule has 2 aromatic rings. The maximum absolute atomic E-state index is 12.1. The molecule has 0 radical (unpaired) electrons. The average molecular weight is 296 g/mol. The Morgan fingerprint density at radius 3 is 2.38 bits per heavy atom. The lowest BCUT2D eigenvalue weighted by molar-refractivity contribution is 0.102. The number of amides is 1. The molecule has 21 heavy (non-hydrogen) atoms. The Labute approximate surface area is 128 Å². The second-order valence-corrected chi connectivity index (χ2v) is 5.15. The quantitative estimate of drug-likeness (QED) is 0.676. The van der Waals surface area contributed by atoms with Gasteiger partial charge >= 0.3 is 0 Å². The summed E-state index contributed by atoms with van der Waals surface area (Å²) in [6.07, 6.45) is 2.00. The van der Waals surface area contributed by atoms with Gasteiger partial charge < -0.3 is 11.1 Å². The van der Waals surface area contributed by atoms with E-state index < -0.39 is 0 Å². The standard InChI is InChI=1S/C17H16N2OS/c1-21-16-10-6-14(7-11-16)17(20)19-15-8-4-13(5-9-15)3-2-12-18/h4-11H,12,18H2,1H3,(H,19,20). The molecule has 2 aromatic carbocycles. The van der Waals surface area contributed by atoms with Crippen molar-refractivity contribution < 1.29 is 4.79 Å². The van der Waals surface area contributed by atoms with Crippen LogP contribution in [-0.4, -0.2) is 18.7 Å². The molecule has 0 aliphatic heterocycles. The lowest BCUT2D eigenvalue weighted by atomic mass is 10.2. The maximum Gasteiger partial charge on any atom is 0.255 e. The van der Waals surface area contributed by atoms with Gasteiger partial charge in [-0.25, -0.2) is 0 Å². The predicted octanol–water partition coefficient (Wildman–Crippen LogP) is 2.97. The van der Waals surface area contributed by atoms with Crippen LogP contribution in [0.5, 0.6) is 0 Å². The van der Waals surface area contributed by atoms with E-state index in [4.69, 9.17) is 5.73 Å². The van der Waals surface area contributed by atoms with Crippen LogP contribution in [0.15, 0.2) is 53.4 Å². The summed E-state index contributed by atoms with van der Waals surface area (Å²) in [5.74, 6) is 5.61. The van der Waals surface area contributed by atoms with E-state index in [1.807, 2.05) is 54.8 Å². The summed E-state index contributed by atoms with van der Waals surface area (Å²) in [5.41, 5.74) is 7.58. The Morgan fingerprint density at radius 1 is 1.14 bits per heavy atom.